The lowest BCUT2D eigenvalue weighted by atomic mass is 10.2. The Hall–Kier alpha value is -2.28. The number of esters is 1. The zero-order chi connectivity index (χ0) is 15.4. The van der Waals surface area contributed by atoms with Crippen LogP contribution in [0.5, 0.6) is 0 Å². The van der Waals surface area contributed by atoms with Gasteiger partial charge in [-0.1, -0.05) is 23.5 Å². The second kappa shape index (κ2) is 6.45. The molecule has 0 unspecified atom stereocenters. The first-order valence-electron chi connectivity index (χ1n) is 6.09. The zero-order valence-electron chi connectivity index (χ0n) is 11.5. The van der Waals surface area contributed by atoms with Gasteiger partial charge in [0.25, 0.3) is 0 Å². The highest BCUT2D eigenvalue weighted by atomic mass is 32.1. The van der Waals surface area contributed by atoms with Crippen molar-refractivity contribution in [3.63, 3.8) is 0 Å². The van der Waals surface area contributed by atoms with Crippen molar-refractivity contribution in [1.29, 1.82) is 0 Å². The first-order chi connectivity index (χ1) is 10.0. The number of anilines is 1. The van der Waals surface area contributed by atoms with Crippen LogP contribution in [-0.2, 0) is 11.3 Å². The number of aromatic nitrogens is 1. The summed E-state index contributed by atoms with van der Waals surface area (Å²) < 4.78 is 17.4. The number of methoxy groups -OCH3 is 1. The van der Waals surface area contributed by atoms with Crippen LogP contribution >= 0.6 is 11.3 Å². The van der Waals surface area contributed by atoms with Gasteiger partial charge in [-0.2, -0.15) is 0 Å². The van der Waals surface area contributed by atoms with Crippen molar-refractivity contribution in [2.24, 2.45) is 0 Å². The Kier molecular flexibility index (Phi) is 4.64. The summed E-state index contributed by atoms with van der Waals surface area (Å²) in [4.78, 5) is 27.4. The van der Waals surface area contributed by atoms with Crippen molar-refractivity contribution in [3.05, 3.63) is 46.2 Å². The van der Waals surface area contributed by atoms with E-state index in [4.69, 9.17) is 0 Å². The van der Waals surface area contributed by atoms with Crippen LogP contribution in [-0.4, -0.2) is 23.8 Å². The van der Waals surface area contributed by atoms with E-state index in [9.17, 15) is 14.0 Å². The molecule has 7 heteroatoms. The minimum Gasteiger partial charge on any atom is -0.464 e. The van der Waals surface area contributed by atoms with E-state index in [0.29, 0.717) is 11.7 Å². The number of Topliss-reactive ketones (excluding diaryl/α,β-unsaturated/α-hetero) is 1. The van der Waals surface area contributed by atoms with Crippen LogP contribution in [0.2, 0.25) is 0 Å². The molecule has 1 aromatic heterocycles. The molecule has 0 bridgehead atoms. The summed E-state index contributed by atoms with van der Waals surface area (Å²) in [6.45, 7) is 1.77. The van der Waals surface area contributed by atoms with Crippen LogP contribution in [0, 0.1) is 5.82 Å². The molecule has 0 amide bonds. The Bertz CT molecular complexity index is 667. The molecular weight excluding hydrogens is 295 g/mol. The van der Waals surface area contributed by atoms with Gasteiger partial charge in [0.1, 0.15) is 10.7 Å². The van der Waals surface area contributed by atoms with E-state index in [1.54, 1.807) is 12.1 Å². The van der Waals surface area contributed by atoms with Crippen LogP contribution in [0.25, 0.3) is 0 Å². The molecule has 0 aliphatic carbocycles. The SMILES string of the molecule is COC(=O)c1nc(NCc2ccc(F)cc2)sc1C(C)=O. The van der Waals surface area contributed by atoms with Gasteiger partial charge in [-0.05, 0) is 17.7 Å². The Labute approximate surface area is 124 Å². The van der Waals surface area contributed by atoms with E-state index >= 15 is 0 Å². The number of nitrogens with zero attached hydrogens (tertiary/aromatic N) is 1. The average Bonchev–Trinajstić information content (AvgIpc) is 2.90. The molecule has 0 atom stereocenters. The van der Waals surface area contributed by atoms with E-state index in [-0.39, 0.29) is 22.2 Å². The number of halogens is 1. The van der Waals surface area contributed by atoms with Crippen molar-refractivity contribution in [2.45, 2.75) is 13.5 Å². The van der Waals surface area contributed by atoms with E-state index in [1.165, 1.54) is 26.2 Å². The van der Waals surface area contributed by atoms with Gasteiger partial charge in [0.2, 0.25) is 0 Å². The van der Waals surface area contributed by atoms with Crippen molar-refractivity contribution < 1.29 is 18.7 Å². The molecule has 1 heterocycles. The van der Waals surface area contributed by atoms with Gasteiger partial charge in [-0.3, -0.25) is 4.79 Å². The van der Waals surface area contributed by atoms with Crippen LogP contribution in [0.4, 0.5) is 9.52 Å². The predicted molar refractivity (Wildman–Crippen MR) is 77.2 cm³/mol. The molecule has 0 saturated carbocycles. The number of ether oxygens (including phenoxy) is 1. The molecular formula is C14H13FN2O3S. The van der Waals surface area contributed by atoms with Gasteiger partial charge in [0.15, 0.2) is 16.6 Å². The number of carbonyl (C=O) groups is 2. The summed E-state index contributed by atoms with van der Waals surface area (Å²) in [7, 11) is 1.23. The summed E-state index contributed by atoms with van der Waals surface area (Å²) in [5.41, 5.74) is 0.868. The van der Waals surface area contributed by atoms with Gasteiger partial charge in [-0.25, -0.2) is 14.2 Å². The monoisotopic (exact) mass is 308 g/mol. The summed E-state index contributed by atoms with van der Waals surface area (Å²) in [6.07, 6.45) is 0. The summed E-state index contributed by atoms with van der Waals surface area (Å²) in [5.74, 6) is -1.20. The van der Waals surface area contributed by atoms with Crippen LogP contribution in [0.1, 0.15) is 32.6 Å². The largest absolute Gasteiger partial charge is 0.464 e. The second-order valence-electron chi connectivity index (χ2n) is 4.22. The third-order valence-electron chi connectivity index (χ3n) is 2.68. The maximum Gasteiger partial charge on any atom is 0.358 e. The maximum absolute atomic E-state index is 12.8. The predicted octanol–water partition coefficient (Wildman–Crippen LogP) is 2.88. The highest BCUT2D eigenvalue weighted by Gasteiger charge is 2.21. The Morgan fingerprint density at radius 2 is 2.00 bits per heavy atom. The van der Waals surface area contributed by atoms with Crippen molar-refractivity contribution in [1.82, 2.24) is 4.98 Å². The molecule has 2 aromatic rings. The third-order valence-corrected chi connectivity index (χ3v) is 3.80. The molecule has 0 aliphatic heterocycles. The van der Waals surface area contributed by atoms with Gasteiger partial charge < -0.3 is 10.1 Å². The van der Waals surface area contributed by atoms with Crippen molar-refractivity contribution in [2.75, 3.05) is 12.4 Å². The average molecular weight is 308 g/mol. The normalized spacial score (nSPS) is 10.2. The topological polar surface area (TPSA) is 68.3 Å². The highest BCUT2D eigenvalue weighted by molar-refractivity contribution is 7.17. The molecule has 0 saturated heterocycles. The minimum atomic E-state index is -0.647. The molecule has 0 spiro atoms. The Morgan fingerprint density at radius 1 is 1.33 bits per heavy atom. The van der Waals surface area contributed by atoms with Gasteiger partial charge >= 0.3 is 5.97 Å². The standard InChI is InChI=1S/C14H13FN2O3S/c1-8(18)12-11(13(19)20-2)17-14(21-12)16-7-9-3-5-10(15)6-4-9/h3-6H,7H2,1-2H3,(H,16,17). The van der Waals surface area contributed by atoms with Gasteiger partial charge in [-0.15, -0.1) is 0 Å². The Morgan fingerprint density at radius 3 is 2.57 bits per heavy atom. The van der Waals surface area contributed by atoms with Crippen molar-refractivity contribution in [3.8, 4) is 0 Å². The number of hydrogen-bond donors (Lipinski definition) is 1. The zero-order valence-corrected chi connectivity index (χ0v) is 12.3. The Balaban J connectivity index is 2.15. The van der Waals surface area contributed by atoms with E-state index in [2.05, 4.69) is 15.0 Å². The number of nitrogens with one attached hydrogen (secondary N) is 1. The van der Waals surface area contributed by atoms with Gasteiger partial charge in [0, 0.05) is 13.5 Å². The lowest BCUT2D eigenvalue weighted by Crippen LogP contribution is -2.07. The first kappa shape index (κ1) is 15.1. The second-order valence-corrected chi connectivity index (χ2v) is 5.22. The molecule has 1 aromatic carbocycles. The molecule has 0 aliphatic rings. The maximum atomic E-state index is 12.8. The summed E-state index contributed by atoms with van der Waals surface area (Å²) in [5, 5.41) is 3.44. The van der Waals surface area contributed by atoms with Crippen molar-refractivity contribution >= 4 is 28.2 Å². The van der Waals surface area contributed by atoms with Crippen LogP contribution < -0.4 is 5.32 Å². The molecule has 110 valence electrons. The lowest BCUT2D eigenvalue weighted by Gasteiger charge is -2.02. The number of carbonyl (C=O) groups excluding carboxylic acids is 2. The minimum absolute atomic E-state index is 0.0107. The number of thiazole rings is 1. The molecule has 0 radical (unpaired) electrons. The summed E-state index contributed by atoms with van der Waals surface area (Å²) >= 11 is 1.09. The molecule has 21 heavy (non-hydrogen) atoms. The molecule has 2 rings (SSSR count). The fourth-order valence-electron chi connectivity index (χ4n) is 1.65. The van der Waals surface area contributed by atoms with E-state index in [1.807, 2.05) is 0 Å². The summed E-state index contributed by atoms with van der Waals surface area (Å²) in [6, 6.07) is 6.01. The third kappa shape index (κ3) is 3.63. The van der Waals surface area contributed by atoms with E-state index in [0.717, 1.165) is 16.9 Å². The number of ketones is 1. The molecule has 0 fully saturated rings. The number of benzene rings is 1. The van der Waals surface area contributed by atoms with E-state index < -0.39 is 5.97 Å². The fraction of sp³-hybridized carbons (Fsp3) is 0.214. The quantitative estimate of drug-likeness (QED) is 0.679. The molecule has 1 N–H and O–H groups in total. The highest BCUT2D eigenvalue weighted by Crippen LogP contribution is 2.24. The smallest absolute Gasteiger partial charge is 0.358 e. The fourth-order valence-corrected chi connectivity index (χ4v) is 2.49. The first-order valence-corrected chi connectivity index (χ1v) is 6.91. The number of rotatable bonds is 5. The van der Waals surface area contributed by atoms with Crippen LogP contribution in [0.15, 0.2) is 24.3 Å². The lowest BCUT2D eigenvalue weighted by molar-refractivity contribution is 0.0591. The van der Waals surface area contributed by atoms with Crippen LogP contribution in [0.3, 0.4) is 0 Å². The molecule has 5 nitrogen and oxygen atoms in total. The number of hydrogen-bond acceptors (Lipinski definition) is 6. The van der Waals surface area contributed by atoms with Gasteiger partial charge in [0.05, 0.1) is 7.11 Å².